The van der Waals surface area contributed by atoms with E-state index in [1.165, 1.54) is 13.8 Å². The molecule has 0 bridgehead atoms. The van der Waals surface area contributed by atoms with E-state index in [1.54, 1.807) is 11.8 Å². The van der Waals surface area contributed by atoms with Crippen LogP contribution < -0.4 is 0 Å². The lowest BCUT2D eigenvalue weighted by Crippen LogP contribution is -2.45. The van der Waals surface area contributed by atoms with Crippen LogP contribution in [-0.4, -0.2) is 45.7 Å². The summed E-state index contributed by atoms with van der Waals surface area (Å²) in [5.74, 6) is -1.48. The van der Waals surface area contributed by atoms with Crippen LogP contribution in [0, 0.1) is 5.41 Å². The number of hydrogen-bond acceptors (Lipinski definition) is 3. The Bertz CT molecular complexity index is 322. The number of carbonyl (C=O) groups excluding carboxylic acids is 1. The average Bonchev–Trinajstić information content (AvgIpc) is 2.38. The largest absolute Gasteiger partial charge is 0.480 e. The van der Waals surface area contributed by atoms with Gasteiger partial charge in [0.15, 0.2) is 0 Å². The Morgan fingerprint density at radius 2 is 1.82 bits per heavy atom. The lowest BCUT2D eigenvalue weighted by molar-refractivity contribution is -0.158. The van der Waals surface area contributed by atoms with Gasteiger partial charge in [-0.3, -0.25) is 9.59 Å². The Balaban J connectivity index is 2.74. The van der Waals surface area contributed by atoms with Gasteiger partial charge in [-0.05, 0) is 40.0 Å². The van der Waals surface area contributed by atoms with Crippen LogP contribution in [0.25, 0.3) is 0 Å². The molecule has 1 fully saturated rings. The van der Waals surface area contributed by atoms with Crippen LogP contribution in [0.1, 0.15) is 40.0 Å². The summed E-state index contributed by atoms with van der Waals surface area (Å²) in [6.45, 7) is 5.53. The van der Waals surface area contributed by atoms with Gasteiger partial charge in [0.05, 0.1) is 5.60 Å². The molecule has 0 spiro atoms. The van der Waals surface area contributed by atoms with Gasteiger partial charge < -0.3 is 15.1 Å². The molecule has 1 unspecified atom stereocenters. The molecule has 1 aliphatic heterocycles. The number of aliphatic carboxylic acids is 1. The van der Waals surface area contributed by atoms with E-state index in [2.05, 4.69) is 0 Å². The Morgan fingerprint density at radius 3 is 2.35 bits per heavy atom. The number of aliphatic hydroxyl groups is 1. The maximum Gasteiger partial charge on any atom is 0.318 e. The summed E-state index contributed by atoms with van der Waals surface area (Å²) in [7, 11) is 0. The van der Waals surface area contributed by atoms with Gasteiger partial charge in [0.25, 0.3) is 0 Å². The van der Waals surface area contributed by atoms with Crippen LogP contribution in [0.15, 0.2) is 0 Å². The van der Waals surface area contributed by atoms with Gasteiger partial charge in [-0.15, -0.1) is 0 Å². The van der Waals surface area contributed by atoms with Crippen molar-refractivity contribution in [1.29, 1.82) is 0 Å². The van der Waals surface area contributed by atoms with Crippen molar-refractivity contribution in [3.8, 4) is 0 Å². The van der Waals surface area contributed by atoms with E-state index in [4.69, 9.17) is 5.11 Å². The molecular formula is C12H21NO4. The van der Waals surface area contributed by atoms with E-state index in [9.17, 15) is 14.7 Å². The molecule has 0 aromatic rings. The summed E-state index contributed by atoms with van der Waals surface area (Å²) in [5, 5.41) is 18.9. The Labute approximate surface area is 101 Å². The van der Waals surface area contributed by atoms with Crippen LogP contribution in [-0.2, 0) is 9.59 Å². The normalized spacial score (nSPS) is 26.5. The highest BCUT2D eigenvalue weighted by atomic mass is 16.4. The van der Waals surface area contributed by atoms with Gasteiger partial charge in [-0.25, -0.2) is 0 Å². The minimum Gasteiger partial charge on any atom is -0.480 e. The maximum absolute atomic E-state index is 12.1. The van der Waals surface area contributed by atoms with E-state index in [-0.39, 0.29) is 5.91 Å². The van der Waals surface area contributed by atoms with Crippen LogP contribution in [0.3, 0.4) is 0 Å². The zero-order valence-electron chi connectivity index (χ0n) is 10.7. The second-order valence-corrected chi connectivity index (χ2v) is 5.57. The number of rotatable bonds is 2. The molecule has 0 aliphatic carbocycles. The minimum absolute atomic E-state index is 0.372. The molecule has 1 heterocycles. The first-order valence-electron chi connectivity index (χ1n) is 5.92. The number of carbonyl (C=O) groups is 2. The lowest BCUT2D eigenvalue weighted by Gasteiger charge is -2.28. The fraction of sp³-hybridized carbons (Fsp3) is 0.833. The fourth-order valence-electron chi connectivity index (χ4n) is 1.95. The average molecular weight is 243 g/mol. The predicted octanol–water partition coefficient (Wildman–Crippen LogP) is 0.861. The first-order valence-corrected chi connectivity index (χ1v) is 5.92. The molecule has 2 N–H and O–H groups in total. The van der Waals surface area contributed by atoms with Crippen LogP contribution in [0.5, 0.6) is 0 Å². The number of carboxylic acid groups (broad SMARTS) is 1. The number of likely N-dealkylation sites (tertiary alicyclic amines) is 1. The summed E-state index contributed by atoms with van der Waals surface area (Å²) in [6.07, 6.45) is 1.84. The van der Waals surface area contributed by atoms with Crippen molar-refractivity contribution in [2.75, 3.05) is 13.1 Å². The second kappa shape index (κ2) is 4.64. The molecule has 1 atom stereocenters. The highest BCUT2D eigenvalue weighted by molar-refractivity contribution is 6.00. The summed E-state index contributed by atoms with van der Waals surface area (Å²) in [4.78, 5) is 24.7. The van der Waals surface area contributed by atoms with Crippen molar-refractivity contribution in [2.45, 2.75) is 45.6 Å². The molecule has 1 amide bonds. The maximum atomic E-state index is 12.1. The molecule has 1 aliphatic rings. The summed E-state index contributed by atoms with van der Waals surface area (Å²) < 4.78 is 0. The van der Waals surface area contributed by atoms with Crippen LogP contribution in [0.2, 0.25) is 0 Å². The van der Waals surface area contributed by atoms with E-state index in [0.29, 0.717) is 32.4 Å². The summed E-state index contributed by atoms with van der Waals surface area (Å²) in [5.41, 5.74) is -2.14. The SMILES string of the molecule is CC1(O)CCCN(C(=O)C(C)(C)C(=O)O)CC1. The van der Waals surface area contributed by atoms with E-state index >= 15 is 0 Å². The minimum atomic E-state index is -1.39. The number of carboxylic acids is 1. The Morgan fingerprint density at radius 1 is 1.24 bits per heavy atom. The van der Waals surface area contributed by atoms with E-state index in [1.807, 2.05) is 0 Å². The molecule has 0 radical (unpaired) electrons. The fourth-order valence-corrected chi connectivity index (χ4v) is 1.95. The molecule has 0 saturated carbocycles. The van der Waals surface area contributed by atoms with E-state index < -0.39 is 17.0 Å². The van der Waals surface area contributed by atoms with Crippen molar-refractivity contribution in [2.24, 2.45) is 5.41 Å². The van der Waals surface area contributed by atoms with Crippen molar-refractivity contribution < 1.29 is 19.8 Å². The summed E-state index contributed by atoms with van der Waals surface area (Å²) >= 11 is 0. The monoisotopic (exact) mass is 243 g/mol. The molecule has 17 heavy (non-hydrogen) atoms. The van der Waals surface area contributed by atoms with Gasteiger partial charge in [-0.2, -0.15) is 0 Å². The third-order valence-electron chi connectivity index (χ3n) is 3.42. The van der Waals surface area contributed by atoms with Gasteiger partial charge in [-0.1, -0.05) is 0 Å². The van der Waals surface area contributed by atoms with Crippen LogP contribution >= 0.6 is 0 Å². The third-order valence-corrected chi connectivity index (χ3v) is 3.42. The van der Waals surface area contributed by atoms with Gasteiger partial charge >= 0.3 is 5.97 Å². The van der Waals surface area contributed by atoms with Crippen LogP contribution in [0.4, 0.5) is 0 Å². The lowest BCUT2D eigenvalue weighted by atomic mass is 9.91. The molecule has 1 rings (SSSR count). The predicted molar refractivity (Wildman–Crippen MR) is 62.5 cm³/mol. The number of hydrogen-bond donors (Lipinski definition) is 2. The van der Waals surface area contributed by atoms with Gasteiger partial charge in [0, 0.05) is 13.1 Å². The highest BCUT2D eigenvalue weighted by Crippen LogP contribution is 2.25. The van der Waals surface area contributed by atoms with Crippen molar-refractivity contribution >= 4 is 11.9 Å². The smallest absolute Gasteiger partial charge is 0.318 e. The standard InChI is InChI=1S/C12H21NO4/c1-11(2,10(15)16)9(14)13-7-4-5-12(3,17)6-8-13/h17H,4-8H2,1-3H3,(H,15,16). The Kier molecular flexibility index (Phi) is 3.81. The molecule has 98 valence electrons. The zero-order chi connectivity index (χ0) is 13.3. The third kappa shape index (κ3) is 3.19. The molecule has 5 heteroatoms. The van der Waals surface area contributed by atoms with E-state index in [0.717, 1.165) is 0 Å². The first kappa shape index (κ1) is 14.0. The van der Waals surface area contributed by atoms with Crippen molar-refractivity contribution in [1.82, 2.24) is 4.90 Å². The number of nitrogens with zero attached hydrogens (tertiary/aromatic N) is 1. The van der Waals surface area contributed by atoms with Crippen molar-refractivity contribution in [3.63, 3.8) is 0 Å². The Hall–Kier alpha value is -1.10. The molecule has 5 nitrogen and oxygen atoms in total. The first-order chi connectivity index (χ1) is 7.67. The molecule has 0 aromatic carbocycles. The second-order valence-electron chi connectivity index (χ2n) is 5.57. The molecular weight excluding hydrogens is 222 g/mol. The number of amides is 1. The quantitative estimate of drug-likeness (QED) is 0.705. The topological polar surface area (TPSA) is 77.8 Å². The highest BCUT2D eigenvalue weighted by Gasteiger charge is 2.40. The van der Waals surface area contributed by atoms with Gasteiger partial charge in [0.1, 0.15) is 5.41 Å². The zero-order valence-corrected chi connectivity index (χ0v) is 10.7. The van der Waals surface area contributed by atoms with Crippen molar-refractivity contribution in [3.05, 3.63) is 0 Å². The van der Waals surface area contributed by atoms with Gasteiger partial charge in [0.2, 0.25) is 5.91 Å². The summed E-state index contributed by atoms with van der Waals surface area (Å²) in [6, 6.07) is 0. The molecule has 0 aromatic heterocycles. The molecule has 1 saturated heterocycles.